The van der Waals surface area contributed by atoms with Crippen LogP contribution in [0.4, 0.5) is 5.82 Å². The van der Waals surface area contributed by atoms with Crippen LogP contribution in [-0.2, 0) is 0 Å². The van der Waals surface area contributed by atoms with Crippen LogP contribution in [0.3, 0.4) is 0 Å². The highest BCUT2D eigenvalue weighted by Gasteiger charge is 2.28. The highest BCUT2D eigenvalue weighted by molar-refractivity contribution is 6.33. The fourth-order valence-corrected chi connectivity index (χ4v) is 1.81. The minimum Gasteiger partial charge on any atom is -0.478 e. The molecule has 1 aromatic rings. The smallest absolute Gasteiger partial charge is 0.337 e. The molecule has 0 amide bonds. The molecular formula is C11H13ClN2O2. The van der Waals surface area contributed by atoms with Crippen LogP contribution in [0.25, 0.3) is 0 Å². The number of anilines is 1. The van der Waals surface area contributed by atoms with Gasteiger partial charge >= 0.3 is 5.97 Å². The van der Waals surface area contributed by atoms with Crippen LogP contribution in [0.1, 0.15) is 30.1 Å². The third kappa shape index (κ3) is 2.44. The number of carboxylic acid groups (broad SMARTS) is 1. The molecule has 4 nitrogen and oxygen atoms in total. The molecule has 2 rings (SSSR count). The Morgan fingerprint density at radius 2 is 2.38 bits per heavy atom. The Morgan fingerprint density at radius 1 is 1.69 bits per heavy atom. The average molecular weight is 241 g/mol. The maximum atomic E-state index is 10.7. The molecule has 1 unspecified atom stereocenters. The van der Waals surface area contributed by atoms with Gasteiger partial charge in [0.25, 0.3) is 0 Å². The second-order valence-corrected chi connectivity index (χ2v) is 4.54. The normalized spacial score (nSPS) is 16.9. The van der Waals surface area contributed by atoms with E-state index in [2.05, 4.69) is 17.2 Å². The summed E-state index contributed by atoms with van der Waals surface area (Å²) in [6, 6.07) is 1.75. The second kappa shape index (κ2) is 4.29. The quantitative estimate of drug-likeness (QED) is 0.849. The number of halogens is 1. The summed E-state index contributed by atoms with van der Waals surface area (Å²) < 4.78 is 0. The van der Waals surface area contributed by atoms with Crippen LogP contribution < -0.4 is 5.32 Å². The van der Waals surface area contributed by atoms with Gasteiger partial charge in [0.05, 0.1) is 10.6 Å². The zero-order valence-electron chi connectivity index (χ0n) is 8.90. The lowest BCUT2D eigenvalue weighted by molar-refractivity contribution is 0.0696. The van der Waals surface area contributed by atoms with E-state index >= 15 is 0 Å². The van der Waals surface area contributed by atoms with Crippen LogP contribution >= 0.6 is 11.6 Å². The number of aromatic carboxylic acids is 1. The number of nitrogens with zero attached hydrogens (tertiary/aromatic N) is 1. The maximum Gasteiger partial charge on any atom is 0.337 e. The highest BCUT2D eigenvalue weighted by Crippen LogP contribution is 2.34. The van der Waals surface area contributed by atoms with Crippen molar-refractivity contribution in [2.45, 2.75) is 25.8 Å². The van der Waals surface area contributed by atoms with Gasteiger partial charge in [-0.3, -0.25) is 0 Å². The van der Waals surface area contributed by atoms with E-state index in [1.165, 1.54) is 25.1 Å². The lowest BCUT2D eigenvalue weighted by atomic mass is 10.2. The van der Waals surface area contributed by atoms with Gasteiger partial charge in [-0.15, -0.1) is 0 Å². The van der Waals surface area contributed by atoms with Gasteiger partial charge in [0.1, 0.15) is 5.82 Å². The molecule has 0 bridgehead atoms. The SMILES string of the molecule is CC(Nc1ncc(C(=O)O)cc1Cl)C1CC1. The maximum absolute atomic E-state index is 10.7. The molecule has 1 aliphatic rings. The van der Waals surface area contributed by atoms with Crippen molar-refractivity contribution in [2.75, 3.05) is 5.32 Å². The third-order valence-electron chi connectivity index (χ3n) is 2.78. The molecule has 1 fully saturated rings. The Kier molecular flexibility index (Phi) is 3.01. The number of rotatable bonds is 4. The van der Waals surface area contributed by atoms with Gasteiger partial charge in [-0.2, -0.15) is 0 Å². The molecule has 86 valence electrons. The van der Waals surface area contributed by atoms with Crippen LogP contribution in [0, 0.1) is 5.92 Å². The predicted molar refractivity (Wildman–Crippen MR) is 62.0 cm³/mol. The van der Waals surface area contributed by atoms with Gasteiger partial charge in [-0.1, -0.05) is 11.6 Å². The molecule has 0 radical (unpaired) electrons. The molecule has 0 spiro atoms. The van der Waals surface area contributed by atoms with E-state index in [0.717, 1.165) is 0 Å². The molecule has 1 atom stereocenters. The first-order chi connectivity index (χ1) is 7.58. The number of aromatic nitrogens is 1. The zero-order valence-corrected chi connectivity index (χ0v) is 9.66. The van der Waals surface area contributed by atoms with E-state index in [4.69, 9.17) is 16.7 Å². The van der Waals surface area contributed by atoms with E-state index in [-0.39, 0.29) is 5.56 Å². The van der Waals surface area contributed by atoms with Gasteiger partial charge in [0, 0.05) is 12.2 Å². The monoisotopic (exact) mass is 240 g/mol. The van der Waals surface area contributed by atoms with Gasteiger partial charge in [-0.05, 0) is 31.7 Å². The van der Waals surface area contributed by atoms with Crippen molar-refractivity contribution in [1.29, 1.82) is 0 Å². The first kappa shape index (κ1) is 11.2. The number of hydrogen-bond donors (Lipinski definition) is 2. The first-order valence-corrected chi connectivity index (χ1v) is 5.61. The topological polar surface area (TPSA) is 62.2 Å². The number of hydrogen-bond acceptors (Lipinski definition) is 3. The van der Waals surface area contributed by atoms with E-state index in [9.17, 15) is 4.79 Å². The summed E-state index contributed by atoms with van der Waals surface area (Å²) in [7, 11) is 0. The zero-order chi connectivity index (χ0) is 11.7. The van der Waals surface area contributed by atoms with E-state index in [0.29, 0.717) is 22.8 Å². The van der Waals surface area contributed by atoms with Gasteiger partial charge < -0.3 is 10.4 Å². The van der Waals surface area contributed by atoms with Crippen LogP contribution in [0.2, 0.25) is 5.02 Å². The standard InChI is InChI=1S/C11H13ClN2O2/c1-6(7-2-3-7)14-10-9(12)4-8(5-13-10)11(15)16/h4-7H,2-3H2,1H3,(H,13,14)(H,15,16). The molecule has 1 aromatic heterocycles. The van der Waals surface area contributed by atoms with Crippen LogP contribution in [0.15, 0.2) is 12.3 Å². The Morgan fingerprint density at radius 3 is 2.88 bits per heavy atom. The number of nitrogens with one attached hydrogen (secondary N) is 1. The summed E-state index contributed by atoms with van der Waals surface area (Å²) in [5.41, 5.74) is 0.106. The third-order valence-corrected chi connectivity index (χ3v) is 3.07. The van der Waals surface area contributed by atoms with Crippen molar-refractivity contribution in [3.63, 3.8) is 0 Å². The molecule has 0 saturated heterocycles. The summed E-state index contributed by atoms with van der Waals surface area (Å²) >= 11 is 5.95. The van der Waals surface area contributed by atoms with E-state index in [1.807, 2.05) is 0 Å². The molecule has 1 aliphatic carbocycles. The fraction of sp³-hybridized carbons (Fsp3) is 0.455. The molecule has 1 heterocycles. The van der Waals surface area contributed by atoms with E-state index in [1.54, 1.807) is 0 Å². The lowest BCUT2D eigenvalue weighted by Crippen LogP contribution is -2.18. The summed E-state index contributed by atoms with van der Waals surface area (Å²) in [6.45, 7) is 2.08. The van der Waals surface area contributed by atoms with Crippen molar-refractivity contribution < 1.29 is 9.90 Å². The average Bonchev–Trinajstić information content (AvgIpc) is 3.03. The number of pyridine rings is 1. The Labute approximate surface area is 98.6 Å². The Balaban J connectivity index is 2.12. The fourth-order valence-electron chi connectivity index (χ4n) is 1.59. The Bertz CT molecular complexity index is 418. The predicted octanol–water partition coefficient (Wildman–Crippen LogP) is 2.64. The van der Waals surface area contributed by atoms with Crippen LogP contribution in [0.5, 0.6) is 0 Å². The van der Waals surface area contributed by atoms with Crippen molar-refractivity contribution in [3.8, 4) is 0 Å². The van der Waals surface area contributed by atoms with Crippen molar-refractivity contribution in [3.05, 3.63) is 22.8 Å². The number of carboxylic acids is 1. The minimum absolute atomic E-state index is 0.106. The summed E-state index contributed by atoms with van der Waals surface area (Å²) in [5.74, 6) is 0.235. The molecule has 16 heavy (non-hydrogen) atoms. The van der Waals surface area contributed by atoms with Crippen molar-refractivity contribution in [1.82, 2.24) is 4.98 Å². The minimum atomic E-state index is -1.02. The molecular weight excluding hydrogens is 228 g/mol. The molecule has 0 aromatic carbocycles. The summed E-state index contributed by atoms with van der Waals surface area (Å²) in [5, 5.41) is 12.3. The second-order valence-electron chi connectivity index (χ2n) is 4.13. The van der Waals surface area contributed by atoms with Gasteiger partial charge in [0.2, 0.25) is 0 Å². The van der Waals surface area contributed by atoms with Crippen LogP contribution in [-0.4, -0.2) is 22.1 Å². The molecule has 1 saturated carbocycles. The van der Waals surface area contributed by atoms with Crippen molar-refractivity contribution >= 4 is 23.4 Å². The molecule has 0 aliphatic heterocycles. The Hall–Kier alpha value is -1.29. The summed E-state index contributed by atoms with van der Waals surface area (Å²) in [6.07, 6.45) is 3.79. The van der Waals surface area contributed by atoms with Gasteiger partial charge in [0.15, 0.2) is 0 Å². The largest absolute Gasteiger partial charge is 0.478 e. The highest BCUT2D eigenvalue weighted by atomic mass is 35.5. The van der Waals surface area contributed by atoms with Crippen molar-refractivity contribution in [2.24, 2.45) is 5.92 Å². The van der Waals surface area contributed by atoms with Gasteiger partial charge in [-0.25, -0.2) is 9.78 Å². The molecule has 5 heteroatoms. The number of carbonyl (C=O) groups is 1. The van der Waals surface area contributed by atoms with E-state index < -0.39 is 5.97 Å². The molecule has 2 N–H and O–H groups in total. The first-order valence-electron chi connectivity index (χ1n) is 5.23. The summed E-state index contributed by atoms with van der Waals surface area (Å²) in [4.78, 5) is 14.7. The lowest BCUT2D eigenvalue weighted by Gasteiger charge is -2.14.